The number of nitrogens with one attached hydrogen (secondary N) is 1. The van der Waals surface area contributed by atoms with Crippen molar-refractivity contribution in [1.82, 2.24) is 20.0 Å². The Morgan fingerprint density at radius 1 is 1.18 bits per heavy atom. The lowest BCUT2D eigenvalue weighted by Gasteiger charge is -2.31. The first-order valence-electron chi connectivity index (χ1n) is 8.24. The minimum atomic E-state index is 0.836. The van der Waals surface area contributed by atoms with E-state index in [2.05, 4.69) is 57.3 Å². The van der Waals surface area contributed by atoms with Crippen LogP contribution in [0.5, 0.6) is 0 Å². The van der Waals surface area contributed by atoms with Crippen molar-refractivity contribution in [2.75, 3.05) is 26.7 Å². The molecule has 118 valence electrons. The molecule has 0 saturated carbocycles. The molecule has 0 radical (unpaired) electrons. The molecule has 4 heteroatoms. The lowest BCUT2D eigenvalue weighted by atomic mass is 9.97. The van der Waals surface area contributed by atoms with E-state index in [0.717, 1.165) is 19.0 Å². The van der Waals surface area contributed by atoms with Crippen molar-refractivity contribution in [2.45, 2.75) is 26.3 Å². The van der Waals surface area contributed by atoms with Crippen LogP contribution >= 0.6 is 0 Å². The number of rotatable bonds is 5. The second-order valence-corrected chi connectivity index (χ2v) is 6.30. The zero-order chi connectivity index (χ0) is 15.4. The van der Waals surface area contributed by atoms with Gasteiger partial charge in [-0.2, -0.15) is 5.10 Å². The Bertz CT molecular complexity index is 597. The number of benzene rings is 1. The van der Waals surface area contributed by atoms with E-state index >= 15 is 0 Å². The zero-order valence-corrected chi connectivity index (χ0v) is 13.6. The molecule has 0 spiro atoms. The van der Waals surface area contributed by atoms with E-state index < -0.39 is 0 Å². The molecule has 1 aliphatic rings. The van der Waals surface area contributed by atoms with Crippen molar-refractivity contribution in [1.29, 1.82) is 0 Å². The molecule has 22 heavy (non-hydrogen) atoms. The summed E-state index contributed by atoms with van der Waals surface area (Å²) >= 11 is 0. The van der Waals surface area contributed by atoms with Gasteiger partial charge in [0.25, 0.3) is 0 Å². The van der Waals surface area contributed by atoms with Crippen LogP contribution in [0.1, 0.15) is 24.1 Å². The first kappa shape index (κ1) is 15.3. The van der Waals surface area contributed by atoms with Crippen LogP contribution in [-0.2, 0) is 6.54 Å². The molecule has 3 rings (SSSR count). The van der Waals surface area contributed by atoms with Crippen LogP contribution in [0, 0.1) is 12.8 Å². The van der Waals surface area contributed by atoms with Crippen LogP contribution in [0.4, 0.5) is 0 Å². The van der Waals surface area contributed by atoms with Gasteiger partial charge >= 0.3 is 0 Å². The molecule has 4 nitrogen and oxygen atoms in total. The molecule has 1 saturated heterocycles. The predicted molar refractivity (Wildman–Crippen MR) is 90.2 cm³/mol. The number of hydrogen-bond acceptors (Lipinski definition) is 3. The summed E-state index contributed by atoms with van der Waals surface area (Å²) in [7, 11) is 2.05. The van der Waals surface area contributed by atoms with Gasteiger partial charge in [-0.25, -0.2) is 4.68 Å². The van der Waals surface area contributed by atoms with Gasteiger partial charge in [-0.1, -0.05) is 18.2 Å². The maximum absolute atomic E-state index is 4.54. The second-order valence-electron chi connectivity index (χ2n) is 6.30. The molecule has 1 aliphatic heterocycles. The van der Waals surface area contributed by atoms with Gasteiger partial charge in [0.2, 0.25) is 0 Å². The van der Waals surface area contributed by atoms with E-state index in [1.54, 1.807) is 0 Å². The molecule has 0 atom stereocenters. The minimum absolute atomic E-state index is 0.836. The van der Waals surface area contributed by atoms with E-state index in [9.17, 15) is 0 Å². The molecule has 0 bridgehead atoms. The Kier molecular flexibility index (Phi) is 4.90. The molecule has 2 aromatic rings. The largest absolute Gasteiger partial charge is 0.319 e. The van der Waals surface area contributed by atoms with Crippen molar-refractivity contribution in [2.24, 2.45) is 5.92 Å². The van der Waals surface area contributed by atoms with Crippen molar-refractivity contribution in [3.63, 3.8) is 0 Å². The van der Waals surface area contributed by atoms with Gasteiger partial charge in [0.15, 0.2) is 0 Å². The number of piperidine rings is 1. The predicted octanol–water partition coefficient (Wildman–Crippen LogP) is 2.61. The topological polar surface area (TPSA) is 33.1 Å². The highest BCUT2D eigenvalue weighted by Crippen LogP contribution is 2.20. The molecule has 1 fully saturated rings. The van der Waals surface area contributed by atoms with Gasteiger partial charge in [-0.15, -0.1) is 0 Å². The van der Waals surface area contributed by atoms with Crippen molar-refractivity contribution in [3.05, 3.63) is 47.8 Å². The SMILES string of the molecule is CNCC1CCN(Cc2ccnn2-c2ccccc2C)CC1. The summed E-state index contributed by atoms with van der Waals surface area (Å²) in [6.45, 7) is 6.65. The Balaban J connectivity index is 1.68. The quantitative estimate of drug-likeness (QED) is 0.921. The third kappa shape index (κ3) is 3.39. The molecular formula is C18H26N4. The molecular weight excluding hydrogens is 272 g/mol. The summed E-state index contributed by atoms with van der Waals surface area (Å²) in [6, 6.07) is 10.6. The highest BCUT2D eigenvalue weighted by molar-refractivity contribution is 5.40. The summed E-state index contributed by atoms with van der Waals surface area (Å²) in [5.41, 5.74) is 3.73. The van der Waals surface area contributed by atoms with Crippen LogP contribution < -0.4 is 5.32 Å². The highest BCUT2D eigenvalue weighted by Gasteiger charge is 2.20. The maximum atomic E-state index is 4.54. The standard InChI is InChI=1S/C18H26N4/c1-15-5-3-4-6-18(15)22-17(7-10-20-22)14-21-11-8-16(9-12-21)13-19-2/h3-7,10,16,19H,8-9,11-14H2,1-2H3. The van der Waals surface area contributed by atoms with Crippen molar-refractivity contribution >= 4 is 0 Å². The monoisotopic (exact) mass is 298 g/mol. The first-order chi connectivity index (χ1) is 10.8. The van der Waals surface area contributed by atoms with Crippen molar-refractivity contribution < 1.29 is 0 Å². The maximum Gasteiger partial charge on any atom is 0.0678 e. The Morgan fingerprint density at radius 3 is 2.68 bits per heavy atom. The smallest absolute Gasteiger partial charge is 0.0678 e. The van der Waals surface area contributed by atoms with Crippen LogP contribution in [0.3, 0.4) is 0 Å². The molecule has 2 heterocycles. The van der Waals surface area contributed by atoms with E-state index in [-0.39, 0.29) is 0 Å². The number of aromatic nitrogens is 2. The molecule has 0 amide bonds. The van der Waals surface area contributed by atoms with Crippen molar-refractivity contribution in [3.8, 4) is 5.69 Å². The number of likely N-dealkylation sites (tertiary alicyclic amines) is 1. The number of para-hydroxylation sites is 1. The minimum Gasteiger partial charge on any atom is -0.319 e. The van der Waals surface area contributed by atoms with E-state index in [4.69, 9.17) is 0 Å². The number of nitrogens with zero attached hydrogens (tertiary/aromatic N) is 3. The fourth-order valence-electron chi connectivity index (χ4n) is 3.33. The average Bonchev–Trinajstić information content (AvgIpc) is 2.98. The third-order valence-corrected chi connectivity index (χ3v) is 4.65. The second kappa shape index (κ2) is 7.07. The van der Waals surface area contributed by atoms with Crippen LogP contribution in [0.15, 0.2) is 36.5 Å². The van der Waals surface area contributed by atoms with Gasteiger partial charge in [0.1, 0.15) is 0 Å². The van der Waals surface area contributed by atoms with Gasteiger partial charge in [-0.05, 0) is 70.1 Å². The fraction of sp³-hybridized carbons (Fsp3) is 0.500. The lowest BCUT2D eigenvalue weighted by molar-refractivity contribution is 0.174. The summed E-state index contributed by atoms with van der Waals surface area (Å²) in [5, 5.41) is 7.84. The number of aryl methyl sites for hydroxylation is 1. The molecule has 0 unspecified atom stereocenters. The Morgan fingerprint density at radius 2 is 1.95 bits per heavy atom. The van der Waals surface area contributed by atoms with E-state index in [0.29, 0.717) is 0 Å². The average molecular weight is 298 g/mol. The molecule has 1 aromatic carbocycles. The normalized spacial score (nSPS) is 17.0. The zero-order valence-electron chi connectivity index (χ0n) is 13.6. The Labute approximate surface area is 133 Å². The van der Waals surface area contributed by atoms with Gasteiger partial charge in [0.05, 0.1) is 11.4 Å². The first-order valence-corrected chi connectivity index (χ1v) is 8.24. The molecule has 0 aliphatic carbocycles. The van der Waals surface area contributed by atoms with Crippen LogP contribution in [0.25, 0.3) is 5.69 Å². The summed E-state index contributed by atoms with van der Waals surface area (Å²) in [6.07, 6.45) is 4.49. The highest BCUT2D eigenvalue weighted by atomic mass is 15.3. The van der Waals surface area contributed by atoms with Crippen LogP contribution in [-0.4, -0.2) is 41.4 Å². The third-order valence-electron chi connectivity index (χ3n) is 4.65. The Hall–Kier alpha value is -1.65. The number of hydrogen-bond donors (Lipinski definition) is 1. The van der Waals surface area contributed by atoms with E-state index in [1.165, 1.54) is 42.9 Å². The van der Waals surface area contributed by atoms with Gasteiger partial charge in [-0.3, -0.25) is 4.90 Å². The molecule has 1 N–H and O–H groups in total. The lowest BCUT2D eigenvalue weighted by Crippen LogP contribution is -2.36. The summed E-state index contributed by atoms with van der Waals surface area (Å²) < 4.78 is 2.09. The van der Waals surface area contributed by atoms with Gasteiger partial charge < -0.3 is 5.32 Å². The van der Waals surface area contributed by atoms with E-state index in [1.807, 2.05) is 13.2 Å². The summed E-state index contributed by atoms with van der Waals surface area (Å²) in [5.74, 6) is 0.836. The fourth-order valence-corrected chi connectivity index (χ4v) is 3.33. The molecule has 1 aromatic heterocycles. The van der Waals surface area contributed by atoms with Gasteiger partial charge in [0, 0.05) is 12.7 Å². The van der Waals surface area contributed by atoms with Crippen LogP contribution in [0.2, 0.25) is 0 Å². The summed E-state index contributed by atoms with van der Waals surface area (Å²) in [4.78, 5) is 2.55.